The largest absolute Gasteiger partial charge is 0.423 e. The van der Waals surface area contributed by atoms with Crippen molar-refractivity contribution in [3.8, 4) is 5.75 Å². The molecule has 5 nitrogen and oxygen atoms in total. The number of rotatable bonds is 3. The van der Waals surface area contributed by atoms with Crippen LogP contribution < -0.4 is 15.4 Å². The summed E-state index contributed by atoms with van der Waals surface area (Å²) in [6.07, 6.45) is 2.85. The Morgan fingerprint density at radius 2 is 1.81 bits per heavy atom. The first-order chi connectivity index (χ1) is 15.0. The number of esters is 1. The molecular formula is C25H24N2O3S. The minimum Gasteiger partial charge on any atom is -0.423 e. The maximum atomic E-state index is 12.9. The van der Waals surface area contributed by atoms with Crippen molar-refractivity contribution in [2.45, 2.75) is 39.3 Å². The molecule has 1 aromatic heterocycles. The number of carbonyl (C=O) groups is 2. The van der Waals surface area contributed by atoms with Gasteiger partial charge in [-0.3, -0.25) is 4.79 Å². The number of anilines is 1. The molecule has 1 aliphatic carbocycles. The highest BCUT2D eigenvalue weighted by Gasteiger charge is 2.33. The number of carbonyl (C=O) groups excluding carboxylic acids is 2. The van der Waals surface area contributed by atoms with Gasteiger partial charge in [-0.25, -0.2) is 4.79 Å². The topological polar surface area (TPSA) is 67.4 Å². The SMILES string of the molecule is Cc1ccc(C(=O)Oc2ccc([C@H]3NC(=O)c4c(sc5c4CC[C@@H](C)C5)N3)cc2)cc1. The zero-order chi connectivity index (χ0) is 21.5. The van der Waals surface area contributed by atoms with Crippen molar-refractivity contribution in [1.82, 2.24) is 5.32 Å². The molecule has 1 amide bonds. The van der Waals surface area contributed by atoms with E-state index in [2.05, 4.69) is 17.6 Å². The van der Waals surface area contributed by atoms with Crippen LogP contribution in [0.25, 0.3) is 0 Å². The van der Waals surface area contributed by atoms with Gasteiger partial charge in [0.25, 0.3) is 5.91 Å². The second kappa shape index (κ2) is 7.85. The van der Waals surface area contributed by atoms with Crippen LogP contribution in [0.2, 0.25) is 0 Å². The van der Waals surface area contributed by atoms with E-state index >= 15 is 0 Å². The lowest BCUT2D eigenvalue weighted by molar-refractivity contribution is 0.0734. The lowest BCUT2D eigenvalue weighted by Crippen LogP contribution is -2.38. The molecule has 0 fully saturated rings. The van der Waals surface area contributed by atoms with Crippen LogP contribution >= 0.6 is 11.3 Å². The number of nitrogens with one attached hydrogen (secondary N) is 2. The standard InChI is InChI=1S/C25H24N2O3S/c1-14-3-6-17(7-4-14)25(29)30-18-10-8-16(9-11-18)22-26-23(28)21-19-12-5-15(2)13-20(19)31-24(21)27-22/h3-4,6-11,15,22,27H,5,12-13H2,1-2H3,(H,26,28)/t15-,22+/m1/s1. The second-order valence-electron chi connectivity index (χ2n) is 8.43. The maximum absolute atomic E-state index is 12.9. The predicted molar refractivity (Wildman–Crippen MR) is 122 cm³/mol. The van der Waals surface area contributed by atoms with Crippen LogP contribution in [0.1, 0.15) is 61.8 Å². The van der Waals surface area contributed by atoms with E-state index in [4.69, 9.17) is 4.74 Å². The molecule has 2 atom stereocenters. The number of hydrogen-bond donors (Lipinski definition) is 2. The van der Waals surface area contributed by atoms with Crippen LogP contribution in [0.5, 0.6) is 5.75 Å². The first-order valence-corrected chi connectivity index (χ1v) is 11.4. The van der Waals surface area contributed by atoms with E-state index in [9.17, 15) is 9.59 Å². The zero-order valence-electron chi connectivity index (χ0n) is 17.5. The molecule has 0 saturated carbocycles. The summed E-state index contributed by atoms with van der Waals surface area (Å²) in [5, 5.41) is 7.52. The van der Waals surface area contributed by atoms with Gasteiger partial charge in [-0.15, -0.1) is 11.3 Å². The molecule has 0 radical (unpaired) electrons. The zero-order valence-corrected chi connectivity index (χ0v) is 18.3. The fourth-order valence-electron chi connectivity index (χ4n) is 4.21. The maximum Gasteiger partial charge on any atom is 0.343 e. The number of aryl methyl sites for hydroxylation is 1. The molecule has 31 heavy (non-hydrogen) atoms. The molecule has 5 rings (SSSR count). The summed E-state index contributed by atoms with van der Waals surface area (Å²) < 4.78 is 5.48. The molecule has 0 bridgehead atoms. The van der Waals surface area contributed by atoms with Gasteiger partial charge in [0, 0.05) is 4.88 Å². The fourth-order valence-corrected chi connectivity index (χ4v) is 5.65. The summed E-state index contributed by atoms with van der Waals surface area (Å²) >= 11 is 1.71. The third-order valence-corrected chi connectivity index (χ3v) is 7.19. The van der Waals surface area contributed by atoms with Crippen molar-refractivity contribution in [3.05, 3.63) is 81.2 Å². The Morgan fingerprint density at radius 1 is 1.06 bits per heavy atom. The Bertz CT molecular complexity index is 1150. The quantitative estimate of drug-likeness (QED) is 0.438. The monoisotopic (exact) mass is 432 g/mol. The van der Waals surface area contributed by atoms with Gasteiger partial charge in [0.1, 0.15) is 16.9 Å². The van der Waals surface area contributed by atoms with Crippen molar-refractivity contribution < 1.29 is 14.3 Å². The van der Waals surface area contributed by atoms with Crippen LogP contribution in [0.3, 0.4) is 0 Å². The van der Waals surface area contributed by atoms with E-state index < -0.39 is 0 Å². The summed E-state index contributed by atoms with van der Waals surface area (Å²) in [6.45, 7) is 4.24. The molecule has 3 aromatic rings. The number of ether oxygens (including phenoxy) is 1. The average molecular weight is 433 g/mol. The van der Waals surface area contributed by atoms with E-state index in [1.165, 1.54) is 10.4 Å². The van der Waals surface area contributed by atoms with Gasteiger partial charge in [0.05, 0.1) is 11.1 Å². The fraction of sp³-hybridized carbons (Fsp3) is 0.280. The van der Waals surface area contributed by atoms with Crippen LogP contribution in [-0.4, -0.2) is 11.9 Å². The van der Waals surface area contributed by atoms with E-state index in [0.717, 1.165) is 41.0 Å². The third kappa shape index (κ3) is 3.83. The molecule has 6 heteroatoms. The van der Waals surface area contributed by atoms with Crippen molar-refractivity contribution in [2.75, 3.05) is 5.32 Å². The van der Waals surface area contributed by atoms with Gasteiger partial charge < -0.3 is 15.4 Å². The van der Waals surface area contributed by atoms with Gasteiger partial charge in [0.15, 0.2) is 0 Å². The highest BCUT2D eigenvalue weighted by atomic mass is 32.1. The predicted octanol–water partition coefficient (Wildman–Crippen LogP) is 5.25. The number of amides is 1. The molecule has 1 aliphatic heterocycles. The summed E-state index contributed by atoms with van der Waals surface area (Å²) in [5.41, 5.74) is 4.56. The van der Waals surface area contributed by atoms with Gasteiger partial charge in [0.2, 0.25) is 0 Å². The highest BCUT2D eigenvalue weighted by Crippen LogP contribution is 2.42. The highest BCUT2D eigenvalue weighted by molar-refractivity contribution is 7.16. The summed E-state index contributed by atoms with van der Waals surface area (Å²) in [6, 6.07) is 14.5. The lowest BCUT2D eigenvalue weighted by Gasteiger charge is -2.27. The van der Waals surface area contributed by atoms with Crippen LogP contribution in [0.4, 0.5) is 5.00 Å². The Kier molecular flexibility index (Phi) is 5.02. The Balaban J connectivity index is 1.31. The first kappa shape index (κ1) is 19.8. The Morgan fingerprint density at radius 3 is 2.55 bits per heavy atom. The number of hydrogen-bond acceptors (Lipinski definition) is 5. The van der Waals surface area contributed by atoms with Crippen LogP contribution in [-0.2, 0) is 12.8 Å². The molecule has 0 unspecified atom stereocenters. The van der Waals surface area contributed by atoms with Gasteiger partial charge in [-0.2, -0.15) is 0 Å². The molecule has 2 heterocycles. The van der Waals surface area contributed by atoms with Crippen molar-refractivity contribution in [1.29, 1.82) is 0 Å². The smallest absolute Gasteiger partial charge is 0.343 e. The Labute approximate surface area is 185 Å². The van der Waals surface area contributed by atoms with Crippen molar-refractivity contribution in [2.24, 2.45) is 5.92 Å². The third-order valence-electron chi connectivity index (χ3n) is 6.00. The van der Waals surface area contributed by atoms with E-state index in [1.54, 1.807) is 35.6 Å². The lowest BCUT2D eigenvalue weighted by atomic mass is 9.88. The number of thiophene rings is 1. The summed E-state index contributed by atoms with van der Waals surface area (Å²) in [5.74, 6) is 0.736. The minimum atomic E-state index is -0.389. The van der Waals surface area contributed by atoms with E-state index in [0.29, 0.717) is 17.2 Å². The molecule has 0 spiro atoms. The average Bonchev–Trinajstić information content (AvgIpc) is 3.12. The van der Waals surface area contributed by atoms with Gasteiger partial charge in [-0.05, 0) is 67.5 Å². The van der Waals surface area contributed by atoms with Crippen LogP contribution in [0.15, 0.2) is 48.5 Å². The van der Waals surface area contributed by atoms with E-state index in [-0.39, 0.29) is 18.0 Å². The molecular weight excluding hydrogens is 408 g/mol. The summed E-state index contributed by atoms with van der Waals surface area (Å²) in [7, 11) is 0. The first-order valence-electron chi connectivity index (χ1n) is 10.6. The van der Waals surface area contributed by atoms with Crippen molar-refractivity contribution >= 4 is 28.2 Å². The molecule has 2 aromatic carbocycles. The normalized spacial score (nSPS) is 19.6. The molecule has 0 saturated heterocycles. The minimum absolute atomic E-state index is 0.0133. The molecule has 2 N–H and O–H groups in total. The number of fused-ring (bicyclic) bond motifs is 3. The van der Waals surface area contributed by atoms with Crippen molar-refractivity contribution in [3.63, 3.8) is 0 Å². The molecule has 2 aliphatic rings. The number of benzene rings is 2. The second-order valence-corrected chi connectivity index (χ2v) is 9.54. The Hall–Kier alpha value is -3.12. The van der Waals surface area contributed by atoms with E-state index in [1.807, 2.05) is 31.2 Å². The summed E-state index contributed by atoms with van der Waals surface area (Å²) in [4.78, 5) is 26.5. The van der Waals surface area contributed by atoms with Crippen LogP contribution in [0, 0.1) is 12.8 Å². The van der Waals surface area contributed by atoms with Gasteiger partial charge in [-0.1, -0.05) is 36.8 Å². The van der Waals surface area contributed by atoms with Gasteiger partial charge >= 0.3 is 5.97 Å². The molecule has 158 valence electrons.